The minimum absolute atomic E-state index is 0.102. The molecule has 2 rings (SSSR count). The number of nitrogens with zero attached hydrogens (tertiary/aromatic N) is 2. The fourth-order valence-corrected chi connectivity index (χ4v) is 4.67. The number of nitro groups is 1. The van der Waals surface area contributed by atoms with Crippen LogP contribution in [0.15, 0.2) is 29.2 Å². The number of non-ortho nitro benzene ring substituents is 1. The van der Waals surface area contributed by atoms with Gasteiger partial charge in [-0.05, 0) is 51.4 Å². The summed E-state index contributed by atoms with van der Waals surface area (Å²) >= 11 is 1.71. The number of hydrogen-bond donors (Lipinski definition) is 0. The van der Waals surface area contributed by atoms with Crippen molar-refractivity contribution in [2.45, 2.75) is 55.0 Å². The van der Waals surface area contributed by atoms with Gasteiger partial charge in [0.1, 0.15) is 5.60 Å². The first-order chi connectivity index (χ1) is 11.6. The van der Waals surface area contributed by atoms with E-state index in [4.69, 9.17) is 4.74 Å². The van der Waals surface area contributed by atoms with Crippen molar-refractivity contribution in [2.75, 3.05) is 13.1 Å². The molecule has 1 amide bonds. The van der Waals surface area contributed by atoms with Crippen molar-refractivity contribution in [1.29, 1.82) is 0 Å². The second-order valence-electron chi connectivity index (χ2n) is 7.20. The molecule has 1 aliphatic rings. The molecule has 6 nitrogen and oxygen atoms in total. The largest absolute Gasteiger partial charge is 0.444 e. The molecule has 138 valence electrons. The van der Waals surface area contributed by atoms with E-state index < -0.39 is 10.5 Å². The van der Waals surface area contributed by atoms with Crippen molar-refractivity contribution < 1.29 is 14.5 Å². The number of nitro benzene ring substituents is 1. The predicted octanol–water partition coefficient (Wildman–Crippen LogP) is 4.33. The first-order valence-electron chi connectivity index (χ1n) is 8.28. The molecule has 0 aliphatic carbocycles. The van der Waals surface area contributed by atoms with Crippen molar-refractivity contribution >= 4 is 32.8 Å². The average Bonchev–Trinajstić information content (AvgIpc) is 2.67. The molecular weight excluding hydrogens is 359 g/mol. The Morgan fingerprint density at radius 2 is 2.00 bits per heavy atom. The zero-order valence-electron chi connectivity index (χ0n) is 14.8. The zero-order chi connectivity index (χ0) is 18.6. The number of amides is 1. The first-order valence-corrected chi connectivity index (χ1v) is 9.83. The molecule has 0 aromatic heterocycles. The minimum atomic E-state index is -0.493. The summed E-state index contributed by atoms with van der Waals surface area (Å²) in [5, 5.41) is 11.1. The van der Waals surface area contributed by atoms with E-state index >= 15 is 0 Å². The van der Waals surface area contributed by atoms with Gasteiger partial charge in [0, 0.05) is 35.4 Å². The summed E-state index contributed by atoms with van der Waals surface area (Å²) in [5.74, 6) is 0. The SMILES string of the molecule is CC(C)(C)OC(=O)N1CCC(Sc2ccc([N+](=O)[O-])cc2)CC(P)C1. The summed E-state index contributed by atoms with van der Waals surface area (Å²) < 4.78 is 5.48. The summed E-state index contributed by atoms with van der Waals surface area (Å²) in [6.45, 7) is 6.93. The maximum atomic E-state index is 12.3. The molecule has 0 N–H and O–H groups in total. The van der Waals surface area contributed by atoms with Crippen LogP contribution in [-0.4, -0.2) is 45.5 Å². The van der Waals surface area contributed by atoms with E-state index in [2.05, 4.69) is 9.24 Å². The van der Waals surface area contributed by atoms with Gasteiger partial charge in [-0.15, -0.1) is 21.0 Å². The highest BCUT2D eigenvalue weighted by molar-refractivity contribution is 8.00. The smallest absolute Gasteiger partial charge is 0.410 e. The summed E-state index contributed by atoms with van der Waals surface area (Å²) in [7, 11) is 2.82. The lowest BCUT2D eigenvalue weighted by molar-refractivity contribution is -0.384. The summed E-state index contributed by atoms with van der Waals surface area (Å²) in [6.07, 6.45) is 1.57. The van der Waals surface area contributed by atoms with Gasteiger partial charge in [-0.2, -0.15) is 0 Å². The molecular formula is C17H25N2O4PS. The van der Waals surface area contributed by atoms with Crippen LogP contribution in [0, 0.1) is 10.1 Å². The van der Waals surface area contributed by atoms with Gasteiger partial charge in [0.15, 0.2) is 0 Å². The molecule has 3 unspecified atom stereocenters. The summed E-state index contributed by atoms with van der Waals surface area (Å²) in [4.78, 5) is 25.4. The summed E-state index contributed by atoms with van der Waals surface area (Å²) in [6, 6.07) is 6.64. The molecule has 0 saturated carbocycles. The van der Waals surface area contributed by atoms with Crippen molar-refractivity contribution in [1.82, 2.24) is 4.90 Å². The molecule has 1 fully saturated rings. The van der Waals surface area contributed by atoms with Crippen LogP contribution in [0.4, 0.5) is 10.5 Å². The van der Waals surface area contributed by atoms with Crippen LogP contribution in [0.2, 0.25) is 0 Å². The molecule has 1 saturated heterocycles. The molecule has 1 heterocycles. The number of benzene rings is 1. The Kier molecular flexibility index (Phi) is 6.69. The van der Waals surface area contributed by atoms with Crippen molar-refractivity contribution in [3.8, 4) is 0 Å². The normalized spacial score (nSPS) is 21.5. The van der Waals surface area contributed by atoms with Gasteiger partial charge in [-0.25, -0.2) is 4.79 Å². The quantitative estimate of drug-likeness (QED) is 0.441. The molecule has 0 radical (unpaired) electrons. The van der Waals surface area contributed by atoms with E-state index in [0.29, 0.717) is 24.0 Å². The monoisotopic (exact) mass is 384 g/mol. The maximum Gasteiger partial charge on any atom is 0.410 e. The molecule has 1 aliphatic heterocycles. The number of likely N-dealkylation sites (tertiary alicyclic amines) is 1. The van der Waals surface area contributed by atoms with E-state index in [1.807, 2.05) is 20.8 Å². The fourth-order valence-electron chi connectivity index (χ4n) is 2.64. The zero-order valence-corrected chi connectivity index (χ0v) is 16.8. The molecule has 1 aromatic carbocycles. The Morgan fingerprint density at radius 1 is 1.36 bits per heavy atom. The number of hydrogen-bond acceptors (Lipinski definition) is 5. The van der Waals surface area contributed by atoms with Gasteiger partial charge in [-0.1, -0.05) is 0 Å². The second-order valence-corrected chi connectivity index (χ2v) is 9.52. The number of carbonyl (C=O) groups is 1. The number of thioether (sulfide) groups is 1. The second kappa shape index (κ2) is 8.37. The van der Waals surface area contributed by atoms with Crippen molar-refractivity contribution in [3.05, 3.63) is 34.4 Å². The third-order valence-electron chi connectivity index (χ3n) is 3.74. The Morgan fingerprint density at radius 3 is 2.56 bits per heavy atom. The van der Waals surface area contributed by atoms with Crippen LogP contribution in [0.25, 0.3) is 0 Å². The van der Waals surface area contributed by atoms with Gasteiger partial charge >= 0.3 is 6.09 Å². The van der Waals surface area contributed by atoms with Gasteiger partial charge in [0.25, 0.3) is 5.69 Å². The van der Waals surface area contributed by atoms with Gasteiger partial charge in [0.2, 0.25) is 0 Å². The Labute approximate surface area is 155 Å². The maximum absolute atomic E-state index is 12.3. The lowest BCUT2D eigenvalue weighted by Gasteiger charge is -2.27. The molecule has 3 atom stereocenters. The lowest BCUT2D eigenvalue weighted by atomic mass is 10.2. The Bertz CT molecular complexity index is 618. The van der Waals surface area contributed by atoms with Gasteiger partial charge in [-0.3, -0.25) is 10.1 Å². The molecule has 8 heteroatoms. The average molecular weight is 384 g/mol. The van der Waals surface area contributed by atoms with E-state index in [9.17, 15) is 14.9 Å². The third kappa shape index (κ3) is 6.48. The molecule has 1 aromatic rings. The van der Waals surface area contributed by atoms with E-state index in [-0.39, 0.29) is 11.8 Å². The fraction of sp³-hybridized carbons (Fsp3) is 0.588. The van der Waals surface area contributed by atoms with Gasteiger partial charge in [0.05, 0.1) is 4.92 Å². The van der Waals surface area contributed by atoms with Crippen LogP contribution in [-0.2, 0) is 4.74 Å². The van der Waals surface area contributed by atoms with Crippen LogP contribution < -0.4 is 0 Å². The standard InChI is InChI=1S/C17H25N2O4PS/c1-17(2,3)23-16(20)18-9-8-15(10-13(24)11-18)25-14-6-4-12(5-7-14)19(21)22/h4-7,13,15H,8-11,24H2,1-3H3. The van der Waals surface area contributed by atoms with Crippen LogP contribution in [0.3, 0.4) is 0 Å². The van der Waals surface area contributed by atoms with E-state index in [1.165, 1.54) is 12.1 Å². The minimum Gasteiger partial charge on any atom is -0.444 e. The highest BCUT2D eigenvalue weighted by Gasteiger charge is 2.28. The number of carbonyl (C=O) groups excluding carboxylic acids is 1. The lowest BCUT2D eigenvalue weighted by Crippen LogP contribution is -2.39. The molecule has 0 bridgehead atoms. The third-order valence-corrected chi connectivity index (χ3v) is 5.53. The number of ether oxygens (including phenoxy) is 1. The van der Waals surface area contributed by atoms with Crippen molar-refractivity contribution in [3.63, 3.8) is 0 Å². The van der Waals surface area contributed by atoms with Crippen LogP contribution in [0.1, 0.15) is 33.6 Å². The summed E-state index contributed by atoms with van der Waals surface area (Å²) in [5.41, 5.74) is -0.0945. The Balaban J connectivity index is 1.96. The van der Waals surface area contributed by atoms with Gasteiger partial charge < -0.3 is 9.64 Å². The van der Waals surface area contributed by atoms with Crippen molar-refractivity contribution in [2.24, 2.45) is 0 Å². The topological polar surface area (TPSA) is 72.7 Å². The van der Waals surface area contributed by atoms with Crippen LogP contribution >= 0.6 is 21.0 Å². The molecule has 25 heavy (non-hydrogen) atoms. The Hall–Kier alpha value is -1.33. The van der Waals surface area contributed by atoms with E-state index in [0.717, 1.165) is 17.7 Å². The first kappa shape index (κ1) is 20.0. The highest BCUT2D eigenvalue weighted by Crippen LogP contribution is 2.33. The highest BCUT2D eigenvalue weighted by atomic mass is 32.2. The predicted molar refractivity (Wildman–Crippen MR) is 103 cm³/mol. The van der Waals surface area contributed by atoms with E-state index in [1.54, 1.807) is 28.8 Å². The van der Waals surface area contributed by atoms with Crippen LogP contribution in [0.5, 0.6) is 0 Å². The molecule has 0 spiro atoms. The number of rotatable bonds is 3.